The number of benzene rings is 1. The second-order valence-electron chi connectivity index (χ2n) is 4.64. The molecule has 0 N–H and O–H groups in total. The van der Waals surface area contributed by atoms with Gasteiger partial charge in [-0.05, 0) is 18.6 Å². The number of Topliss-reactive ketones (excluding diaryl/α,β-unsaturated/α-hetero) is 1. The van der Waals surface area contributed by atoms with Crippen LogP contribution in [0.15, 0.2) is 24.3 Å². The number of imide groups is 1. The van der Waals surface area contributed by atoms with E-state index in [0.717, 1.165) is 11.1 Å². The number of ketones is 1. The molecule has 2 amide bonds. The molecule has 0 saturated carbocycles. The lowest BCUT2D eigenvalue weighted by Crippen LogP contribution is -2.32. The van der Waals surface area contributed by atoms with Gasteiger partial charge in [0, 0.05) is 12.5 Å². The summed E-state index contributed by atoms with van der Waals surface area (Å²) in [6.07, 6.45) is 1.16. The number of nitrogens with zero attached hydrogens (tertiary/aromatic N) is 3. The van der Waals surface area contributed by atoms with Crippen LogP contribution in [0.25, 0.3) is 5.53 Å². The number of fused-ring (bicyclic) bond motifs is 1. The highest BCUT2D eigenvalue weighted by Crippen LogP contribution is 2.23. The quantitative estimate of drug-likeness (QED) is 0.348. The maximum atomic E-state index is 12.1. The van der Waals surface area contributed by atoms with Gasteiger partial charge in [0.15, 0.2) is 0 Å². The van der Waals surface area contributed by atoms with Crippen LogP contribution in [0, 0.1) is 5.92 Å². The third-order valence-electron chi connectivity index (χ3n) is 3.33. The van der Waals surface area contributed by atoms with Gasteiger partial charge in [-0.25, -0.2) is 0 Å². The van der Waals surface area contributed by atoms with E-state index in [-0.39, 0.29) is 24.1 Å². The van der Waals surface area contributed by atoms with Crippen molar-refractivity contribution in [3.63, 3.8) is 0 Å². The highest BCUT2D eigenvalue weighted by Gasteiger charge is 2.35. The SMILES string of the molecule is C[C@H](CCN1C(=O)c2ccccc2C1=O)C(=O)C=[N+]=[N-]. The first-order valence-electron chi connectivity index (χ1n) is 6.22. The third-order valence-corrected chi connectivity index (χ3v) is 3.33. The standard InChI is InChI=1S/C14H13N3O3/c1-9(12(18)8-16-15)6-7-17-13(19)10-4-2-3-5-11(10)14(17)20/h2-5,8-9H,6-7H2,1H3/t9-/m1/s1. The Balaban J connectivity index is 2.06. The normalized spacial score (nSPS) is 14.8. The lowest BCUT2D eigenvalue weighted by molar-refractivity contribution is -0.119. The van der Waals surface area contributed by atoms with Crippen molar-refractivity contribution in [1.29, 1.82) is 0 Å². The molecule has 0 radical (unpaired) electrons. The van der Waals surface area contributed by atoms with Gasteiger partial charge < -0.3 is 5.53 Å². The average molecular weight is 271 g/mol. The van der Waals surface area contributed by atoms with Crippen LogP contribution in [0.4, 0.5) is 0 Å². The molecule has 1 aromatic rings. The van der Waals surface area contributed by atoms with E-state index in [1.54, 1.807) is 31.2 Å². The molecule has 1 heterocycles. The van der Waals surface area contributed by atoms with Crippen LogP contribution in [0.2, 0.25) is 0 Å². The Morgan fingerprint density at radius 3 is 2.35 bits per heavy atom. The molecule has 0 saturated heterocycles. The van der Waals surface area contributed by atoms with Crippen LogP contribution in [0.3, 0.4) is 0 Å². The molecule has 0 unspecified atom stereocenters. The Morgan fingerprint density at radius 1 is 1.30 bits per heavy atom. The van der Waals surface area contributed by atoms with Crippen molar-refractivity contribution >= 4 is 23.8 Å². The summed E-state index contributed by atoms with van der Waals surface area (Å²) >= 11 is 0. The van der Waals surface area contributed by atoms with Gasteiger partial charge in [0.25, 0.3) is 11.8 Å². The molecule has 102 valence electrons. The van der Waals surface area contributed by atoms with Crippen LogP contribution in [-0.4, -0.2) is 40.0 Å². The molecular formula is C14H13N3O3. The Bertz CT molecular complexity index is 597. The molecular weight excluding hydrogens is 258 g/mol. The number of rotatable bonds is 5. The van der Waals surface area contributed by atoms with Crippen LogP contribution >= 0.6 is 0 Å². The summed E-state index contributed by atoms with van der Waals surface area (Å²) in [7, 11) is 0. The lowest BCUT2D eigenvalue weighted by Gasteiger charge is -2.15. The fourth-order valence-corrected chi connectivity index (χ4v) is 2.09. The minimum absolute atomic E-state index is 0.165. The summed E-state index contributed by atoms with van der Waals surface area (Å²) in [6, 6.07) is 6.64. The second kappa shape index (κ2) is 5.59. The first-order chi connectivity index (χ1) is 9.56. The molecule has 0 spiro atoms. The van der Waals surface area contributed by atoms with E-state index in [4.69, 9.17) is 5.53 Å². The van der Waals surface area contributed by atoms with E-state index >= 15 is 0 Å². The van der Waals surface area contributed by atoms with Crippen molar-refractivity contribution in [2.45, 2.75) is 13.3 Å². The minimum Gasteiger partial charge on any atom is -0.361 e. The van der Waals surface area contributed by atoms with Gasteiger partial charge in [-0.15, -0.1) is 0 Å². The van der Waals surface area contributed by atoms with Gasteiger partial charge in [-0.1, -0.05) is 19.1 Å². The summed E-state index contributed by atoms with van der Waals surface area (Å²) in [5.74, 6) is -1.43. The van der Waals surface area contributed by atoms with Gasteiger partial charge in [0.2, 0.25) is 5.78 Å². The van der Waals surface area contributed by atoms with Gasteiger partial charge in [0.1, 0.15) is 0 Å². The Hall–Kier alpha value is -2.59. The number of hydrogen-bond donors (Lipinski definition) is 0. The third kappa shape index (κ3) is 2.41. The van der Waals surface area contributed by atoms with Crippen molar-refractivity contribution in [2.24, 2.45) is 5.92 Å². The summed E-state index contributed by atoms with van der Waals surface area (Å²) in [6.45, 7) is 1.82. The largest absolute Gasteiger partial charge is 0.361 e. The smallest absolute Gasteiger partial charge is 0.323 e. The zero-order chi connectivity index (χ0) is 14.7. The molecule has 20 heavy (non-hydrogen) atoms. The summed E-state index contributed by atoms with van der Waals surface area (Å²) in [5.41, 5.74) is 9.09. The Kier molecular flexibility index (Phi) is 3.86. The fourth-order valence-electron chi connectivity index (χ4n) is 2.09. The number of carbonyl (C=O) groups is 3. The van der Waals surface area contributed by atoms with Crippen LogP contribution < -0.4 is 0 Å². The van der Waals surface area contributed by atoms with Crippen molar-refractivity contribution in [2.75, 3.05) is 6.54 Å². The summed E-state index contributed by atoms with van der Waals surface area (Å²) in [4.78, 5) is 39.4. The molecule has 0 bridgehead atoms. The predicted molar refractivity (Wildman–Crippen MR) is 70.3 cm³/mol. The Labute approximate surface area is 115 Å². The van der Waals surface area contributed by atoms with Crippen LogP contribution in [0.1, 0.15) is 34.1 Å². The maximum Gasteiger partial charge on any atom is 0.323 e. The lowest BCUT2D eigenvalue weighted by atomic mass is 10.0. The van der Waals surface area contributed by atoms with E-state index in [1.165, 1.54) is 0 Å². The molecule has 0 fully saturated rings. The highest BCUT2D eigenvalue weighted by molar-refractivity contribution is 6.26. The minimum atomic E-state index is -0.421. The summed E-state index contributed by atoms with van der Waals surface area (Å²) < 4.78 is 0. The zero-order valence-corrected chi connectivity index (χ0v) is 10.9. The van der Waals surface area contributed by atoms with Gasteiger partial charge in [-0.3, -0.25) is 19.3 Å². The van der Waals surface area contributed by atoms with Crippen molar-refractivity contribution < 1.29 is 19.2 Å². The summed E-state index contributed by atoms with van der Waals surface area (Å²) in [5, 5.41) is 0. The number of amides is 2. The average Bonchev–Trinajstić information content (AvgIpc) is 2.69. The fraction of sp³-hybridized carbons (Fsp3) is 0.286. The predicted octanol–water partition coefficient (Wildman–Crippen LogP) is 1.18. The zero-order valence-electron chi connectivity index (χ0n) is 10.9. The first-order valence-corrected chi connectivity index (χ1v) is 6.22. The molecule has 6 nitrogen and oxygen atoms in total. The molecule has 1 atom stereocenters. The van der Waals surface area contributed by atoms with E-state index in [0.29, 0.717) is 17.5 Å². The van der Waals surface area contributed by atoms with Crippen molar-refractivity contribution in [3.8, 4) is 0 Å². The van der Waals surface area contributed by atoms with E-state index in [2.05, 4.69) is 4.79 Å². The van der Waals surface area contributed by atoms with E-state index in [9.17, 15) is 14.4 Å². The van der Waals surface area contributed by atoms with E-state index in [1.807, 2.05) is 0 Å². The highest BCUT2D eigenvalue weighted by atomic mass is 16.2. The second-order valence-corrected chi connectivity index (χ2v) is 4.64. The van der Waals surface area contributed by atoms with Gasteiger partial charge in [-0.2, -0.15) is 4.79 Å². The molecule has 1 aliphatic heterocycles. The van der Waals surface area contributed by atoms with Gasteiger partial charge in [0.05, 0.1) is 11.1 Å². The molecule has 6 heteroatoms. The molecule has 2 rings (SSSR count). The first kappa shape index (κ1) is 13.8. The monoisotopic (exact) mass is 271 g/mol. The molecule has 1 aliphatic rings. The topological polar surface area (TPSA) is 90.9 Å². The molecule has 0 aromatic heterocycles. The molecule has 0 aliphatic carbocycles. The van der Waals surface area contributed by atoms with Crippen LogP contribution in [-0.2, 0) is 4.79 Å². The number of hydrogen-bond acceptors (Lipinski definition) is 3. The molecule has 1 aromatic carbocycles. The van der Waals surface area contributed by atoms with Crippen molar-refractivity contribution in [3.05, 3.63) is 40.9 Å². The van der Waals surface area contributed by atoms with Crippen molar-refractivity contribution in [1.82, 2.24) is 4.90 Å². The maximum absolute atomic E-state index is 12.1. The van der Waals surface area contributed by atoms with E-state index < -0.39 is 5.92 Å². The van der Waals surface area contributed by atoms with Crippen LogP contribution in [0.5, 0.6) is 0 Å². The Morgan fingerprint density at radius 2 is 1.85 bits per heavy atom. The van der Waals surface area contributed by atoms with Gasteiger partial charge >= 0.3 is 6.21 Å². The number of carbonyl (C=O) groups excluding carboxylic acids is 3.